The number of carbonyl (C=O) groups excluding carboxylic acids is 2. The molecule has 0 saturated carbocycles. The fourth-order valence-electron chi connectivity index (χ4n) is 5.33. The molecule has 46 heavy (non-hydrogen) atoms. The van der Waals surface area contributed by atoms with Gasteiger partial charge in [-0.1, -0.05) is 30.3 Å². The van der Waals surface area contributed by atoms with Gasteiger partial charge < -0.3 is 58.4 Å². The summed E-state index contributed by atoms with van der Waals surface area (Å²) in [4.78, 5) is 37.6. The van der Waals surface area contributed by atoms with Gasteiger partial charge in [-0.3, -0.25) is 14.4 Å². The molecule has 2 aliphatic rings. The van der Waals surface area contributed by atoms with E-state index in [0.29, 0.717) is 5.56 Å². The molecule has 0 aliphatic carbocycles. The molecule has 10 unspecified atom stereocenters. The van der Waals surface area contributed by atoms with E-state index in [4.69, 9.17) is 32.8 Å². The number of aromatic hydroxyl groups is 1. The Labute approximate surface area is 261 Å². The number of phenols is 1. The Bertz CT molecular complexity index is 1640. The first-order valence-electron chi connectivity index (χ1n) is 14.4. The summed E-state index contributed by atoms with van der Waals surface area (Å²) in [5.74, 6) is -2.86. The molecule has 15 heteroatoms. The molecule has 3 heterocycles. The number of carbonyl (C=O) groups is 2. The average molecular weight is 647 g/mol. The van der Waals surface area contributed by atoms with Crippen molar-refractivity contribution >= 4 is 22.9 Å². The van der Waals surface area contributed by atoms with E-state index < -0.39 is 90.3 Å². The lowest BCUT2D eigenvalue weighted by molar-refractivity contribution is -0.277. The van der Waals surface area contributed by atoms with E-state index in [-0.39, 0.29) is 22.5 Å². The van der Waals surface area contributed by atoms with Crippen molar-refractivity contribution in [1.82, 2.24) is 0 Å². The van der Waals surface area contributed by atoms with Crippen LogP contribution >= 0.6 is 0 Å². The molecule has 0 radical (unpaired) electrons. The predicted molar refractivity (Wildman–Crippen MR) is 155 cm³/mol. The molecule has 5 rings (SSSR count). The molecule has 0 bridgehead atoms. The van der Waals surface area contributed by atoms with Gasteiger partial charge in [0.05, 0.1) is 12.2 Å². The van der Waals surface area contributed by atoms with Crippen molar-refractivity contribution < 1.29 is 68.0 Å². The second-order valence-corrected chi connectivity index (χ2v) is 11.0. The van der Waals surface area contributed by atoms with Crippen molar-refractivity contribution in [3.8, 4) is 28.6 Å². The minimum Gasteiger partial charge on any atom is -0.507 e. The van der Waals surface area contributed by atoms with E-state index in [1.165, 1.54) is 19.9 Å². The average Bonchev–Trinajstić information content (AvgIpc) is 3.00. The summed E-state index contributed by atoms with van der Waals surface area (Å²) in [7, 11) is 0. The van der Waals surface area contributed by atoms with Gasteiger partial charge in [-0.25, -0.2) is 0 Å². The molecule has 2 fully saturated rings. The highest BCUT2D eigenvalue weighted by atomic mass is 16.7. The van der Waals surface area contributed by atoms with Gasteiger partial charge >= 0.3 is 11.9 Å². The zero-order valence-corrected chi connectivity index (χ0v) is 25.1. The SMILES string of the molecule is CC(=O)OC1C(C)OC(Oc2c(-c3ccccc3)oc3cc(OC4OC(C)C(O)C(O)C4O)cc(O)c3c2=O)C(OC(C)=O)C1O. The lowest BCUT2D eigenvalue weighted by Crippen LogP contribution is -2.60. The summed E-state index contributed by atoms with van der Waals surface area (Å²) in [6.45, 7) is 5.18. The summed E-state index contributed by atoms with van der Waals surface area (Å²) in [6.07, 6.45) is -13.9. The first kappa shape index (κ1) is 33.1. The normalized spacial score (nSPS) is 31.2. The maximum atomic E-state index is 14.0. The number of ether oxygens (including phenoxy) is 6. The summed E-state index contributed by atoms with van der Waals surface area (Å²) >= 11 is 0. The minimum atomic E-state index is -1.65. The van der Waals surface area contributed by atoms with Gasteiger partial charge in [0.25, 0.3) is 0 Å². The van der Waals surface area contributed by atoms with Crippen LogP contribution in [-0.4, -0.2) is 98.9 Å². The third kappa shape index (κ3) is 6.51. The van der Waals surface area contributed by atoms with E-state index in [9.17, 15) is 39.9 Å². The standard InChI is InChI=1S/C31H34O15/c1-12-21(35)23(37)24(38)30(40-12)44-17-10-18(34)20-19(11-17)45-27(16-8-6-5-7-9-16)28(22(20)36)46-31-29(43-15(4)33)25(39)26(13(2)41-31)42-14(3)32/h5-13,21,23-26,29-31,34-35,37-39H,1-4H3. The number of aliphatic hydroxyl groups is 4. The molecule has 2 aliphatic heterocycles. The lowest BCUT2D eigenvalue weighted by Gasteiger charge is -2.41. The molecule has 2 aromatic carbocycles. The van der Waals surface area contributed by atoms with Crippen LogP contribution in [0.15, 0.2) is 51.7 Å². The van der Waals surface area contributed by atoms with Crippen LogP contribution < -0.4 is 14.9 Å². The van der Waals surface area contributed by atoms with Gasteiger partial charge in [0.2, 0.25) is 23.8 Å². The number of fused-ring (bicyclic) bond motifs is 1. The fourth-order valence-corrected chi connectivity index (χ4v) is 5.33. The van der Waals surface area contributed by atoms with Crippen LogP contribution in [0.5, 0.6) is 17.2 Å². The largest absolute Gasteiger partial charge is 0.507 e. The Morgan fingerprint density at radius 1 is 0.761 bits per heavy atom. The molecular weight excluding hydrogens is 612 g/mol. The van der Waals surface area contributed by atoms with E-state index in [0.717, 1.165) is 19.9 Å². The zero-order valence-electron chi connectivity index (χ0n) is 25.1. The van der Waals surface area contributed by atoms with Crippen molar-refractivity contribution in [1.29, 1.82) is 0 Å². The summed E-state index contributed by atoms with van der Waals surface area (Å²) < 4.78 is 39.5. The molecule has 248 valence electrons. The molecular formula is C31H34O15. The molecule has 3 aromatic rings. The molecule has 0 spiro atoms. The van der Waals surface area contributed by atoms with Gasteiger partial charge in [-0.2, -0.15) is 0 Å². The van der Waals surface area contributed by atoms with Crippen molar-refractivity contribution in [3.63, 3.8) is 0 Å². The van der Waals surface area contributed by atoms with Crippen molar-refractivity contribution in [2.45, 2.75) is 89.1 Å². The lowest BCUT2D eigenvalue weighted by atomic mass is 9.99. The number of benzene rings is 2. The number of hydrogen-bond donors (Lipinski definition) is 5. The number of hydrogen-bond acceptors (Lipinski definition) is 15. The maximum Gasteiger partial charge on any atom is 0.303 e. The van der Waals surface area contributed by atoms with Crippen LogP contribution in [0.3, 0.4) is 0 Å². The highest BCUT2D eigenvalue weighted by Crippen LogP contribution is 2.38. The Balaban J connectivity index is 1.57. The maximum absolute atomic E-state index is 14.0. The van der Waals surface area contributed by atoms with E-state index >= 15 is 0 Å². The van der Waals surface area contributed by atoms with Crippen LogP contribution in [0.4, 0.5) is 0 Å². The van der Waals surface area contributed by atoms with Crippen LogP contribution in [0.2, 0.25) is 0 Å². The first-order valence-corrected chi connectivity index (χ1v) is 14.4. The number of rotatable bonds is 7. The zero-order chi connectivity index (χ0) is 33.4. The van der Waals surface area contributed by atoms with Gasteiger partial charge in [-0.15, -0.1) is 0 Å². The van der Waals surface area contributed by atoms with Gasteiger partial charge in [0.15, 0.2) is 18.0 Å². The van der Waals surface area contributed by atoms with Crippen LogP contribution in [-0.2, 0) is 28.5 Å². The van der Waals surface area contributed by atoms with Gasteiger partial charge in [0.1, 0.15) is 46.9 Å². The molecule has 2 saturated heterocycles. The van der Waals surface area contributed by atoms with E-state index in [1.807, 2.05) is 0 Å². The second kappa shape index (κ2) is 13.2. The third-order valence-electron chi connectivity index (χ3n) is 7.59. The van der Waals surface area contributed by atoms with Crippen LogP contribution in [0, 0.1) is 0 Å². The Morgan fingerprint density at radius 2 is 1.39 bits per heavy atom. The molecule has 15 nitrogen and oxygen atoms in total. The monoisotopic (exact) mass is 646 g/mol. The highest BCUT2D eigenvalue weighted by molar-refractivity contribution is 5.88. The molecule has 1 aromatic heterocycles. The highest BCUT2D eigenvalue weighted by Gasteiger charge is 2.49. The molecule has 0 amide bonds. The van der Waals surface area contributed by atoms with Crippen LogP contribution in [0.25, 0.3) is 22.3 Å². The number of phenolic OH excluding ortho intramolecular Hbond substituents is 1. The second-order valence-electron chi connectivity index (χ2n) is 11.0. The number of aliphatic hydroxyl groups excluding tert-OH is 4. The van der Waals surface area contributed by atoms with Crippen molar-refractivity contribution in [2.75, 3.05) is 0 Å². The summed E-state index contributed by atoms with van der Waals surface area (Å²) in [5.41, 5.74) is -0.695. The third-order valence-corrected chi connectivity index (χ3v) is 7.59. The van der Waals surface area contributed by atoms with Crippen molar-refractivity contribution in [3.05, 3.63) is 52.7 Å². The fraction of sp³-hybridized carbons (Fsp3) is 0.452. The summed E-state index contributed by atoms with van der Waals surface area (Å²) in [6, 6.07) is 10.6. The Hall–Kier alpha value is -4.25. The predicted octanol–water partition coefficient (Wildman–Crippen LogP) is 0.720. The minimum absolute atomic E-state index is 0.111. The smallest absolute Gasteiger partial charge is 0.303 e. The molecule has 5 N–H and O–H groups in total. The quantitative estimate of drug-likeness (QED) is 0.223. The topological polar surface area (TPSA) is 221 Å². The first-order chi connectivity index (χ1) is 21.8. The van der Waals surface area contributed by atoms with E-state index in [2.05, 4.69) is 0 Å². The molecule has 10 atom stereocenters. The van der Waals surface area contributed by atoms with Crippen molar-refractivity contribution in [2.24, 2.45) is 0 Å². The van der Waals surface area contributed by atoms with Gasteiger partial charge in [-0.05, 0) is 13.8 Å². The number of esters is 2. The van der Waals surface area contributed by atoms with Gasteiger partial charge in [0, 0.05) is 31.5 Å². The van der Waals surface area contributed by atoms with E-state index in [1.54, 1.807) is 30.3 Å². The summed E-state index contributed by atoms with van der Waals surface area (Å²) in [5, 5.41) is 52.1. The Kier molecular flexibility index (Phi) is 9.53. The Morgan fingerprint density at radius 3 is 2.04 bits per heavy atom. The van der Waals surface area contributed by atoms with Crippen LogP contribution in [0.1, 0.15) is 27.7 Å².